The molecule has 0 unspecified atom stereocenters. The highest BCUT2D eigenvalue weighted by Gasteiger charge is 2.12. The Morgan fingerprint density at radius 2 is 2.11 bits per heavy atom. The summed E-state index contributed by atoms with van der Waals surface area (Å²) in [5.74, 6) is 0.551. The van der Waals surface area contributed by atoms with Gasteiger partial charge in [-0.05, 0) is 31.3 Å². The second-order valence-electron chi connectivity index (χ2n) is 4.82. The fraction of sp³-hybridized carbons (Fsp3) is 0.750. The van der Waals surface area contributed by atoms with Gasteiger partial charge in [0.25, 0.3) is 0 Å². The Bertz CT molecular complexity index is 393. The first-order chi connectivity index (χ1) is 8.75. The molecule has 0 atom stereocenters. The molecule has 1 aromatic rings. The normalized spacial score (nSPS) is 18.6. The lowest BCUT2D eigenvalue weighted by Gasteiger charge is -2.16. The largest absolute Gasteiger partial charge is 0.370 e. The van der Waals surface area contributed by atoms with Crippen molar-refractivity contribution in [1.82, 2.24) is 14.9 Å². The standard InChI is InChI=1S/C12H21N5S/c1-9-11(18-17-16-9)8-14-12(13)15-10-6-4-2-3-5-7-10/h10H,2-8H2,1H3,(H3,13,14,15). The molecular formula is C12H21N5S. The minimum absolute atomic E-state index is 0.497. The smallest absolute Gasteiger partial charge is 0.189 e. The number of nitrogens with zero attached hydrogens (tertiary/aromatic N) is 3. The second kappa shape index (κ2) is 6.68. The third kappa shape index (κ3) is 3.94. The monoisotopic (exact) mass is 267 g/mol. The number of guanidine groups is 1. The molecule has 1 fully saturated rings. The highest BCUT2D eigenvalue weighted by Crippen LogP contribution is 2.17. The summed E-state index contributed by atoms with van der Waals surface area (Å²) in [5.41, 5.74) is 6.87. The van der Waals surface area contributed by atoms with Crippen LogP contribution in [0.4, 0.5) is 0 Å². The maximum Gasteiger partial charge on any atom is 0.189 e. The Hall–Kier alpha value is -1.17. The van der Waals surface area contributed by atoms with Gasteiger partial charge < -0.3 is 11.1 Å². The van der Waals surface area contributed by atoms with Crippen molar-refractivity contribution < 1.29 is 0 Å². The van der Waals surface area contributed by atoms with Crippen LogP contribution in [0.3, 0.4) is 0 Å². The third-order valence-electron chi connectivity index (χ3n) is 3.35. The zero-order valence-electron chi connectivity index (χ0n) is 10.9. The summed E-state index contributed by atoms with van der Waals surface area (Å²) >= 11 is 1.39. The Morgan fingerprint density at radius 3 is 2.72 bits per heavy atom. The van der Waals surface area contributed by atoms with E-state index in [1.165, 1.54) is 50.1 Å². The van der Waals surface area contributed by atoms with Crippen molar-refractivity contribution in [3.8, 4) is 0 Å². The van der Waals surface area contributed by atoms with E-state index in [-0.39, 0.29) is 0 Å². The van der Waals surface area contributed by atoms with Crippen molar-refractivity contribution in [3.05, 3.63) is 10.6 Å². The molecular weight excluding hydrogens is 246 g/mol. The Morgan fingerprint density at radius 1 is 1.39 bits per heavy atom. The summed E-state index contributed by atoms with van der Waals surface area (Å²) in [6.45, 7) is 2.53. The van der Waals surface area contributed by atoms with E-state index in [2.05, 4.69) is 19.9 Å². The van der Waals surface area contributed by atoms with E-state index in [0.717, 1.165) is 10.6 Å². The molecule has 1 heterocycles. The highest BCUT2D eigenvalue weighted by atomic mass is 32.1. The maximum atomic E-state index is 5.92. The number of hydrogen-bond donors (Lipinski definition) is 2. The van der Waals surface area contributed by atoms with E-state index in [4.69, 9.17) is 5.73 Å². The molecule has 0 aliphatic heterocycles. The van der Waals surface area contributed by atoms with Crippen LogP contribution in [0.25, 0.3) is 0 Å². The molecule has 1 saturated carbocycles. The van der Waals surface area contributed by atoms with Crippen molar-refractivity contribution in [1.29, 1.82) is 0 Å². The average molecular weight is 267 g/mol. The van der Waals surface area contributed by atoms with Crippen molar-refractivity contribution in [3.63, 3.8) is 0 Å². The van der Waals surface area contributed by atoms with Crippen LogP contribution in [0.15, 0.2) is 4.99 Å². The van der Waals surface area contributed by atoms with Crippen molar-refractivity contribution in [2.75, 3.05) is 0 Å². The zero-order chi connectivity index (χ0) is 12.8. The molecule has 100 valence electrons. The minimum Gasteiger partial charge on any atom is -0.370 e. The molecule has 1 aliphatic carbocycles. The Kier molecular flexibility index (Phi) is 4.92. The maximum absolute atomic E-state index is 5.92. The number of aliphatic imine (C=N–C) groups is 1. The van der Waals surface area contributed by atoms with Crippen LogP contribution in [-0.4, -0.2) is 21.6 Å². The van der Waals surface area contributed by atoms with E-state index in [0.29, 0.717) is 18.5 Å². The molecule has 2 rings (SSSR count). The SMILES string of the molecule is Cc1nnsc1CN=C(N)NC1CCCCCC1. The fourth-order valence-electron chi connectivity index (χ4n) is 2.23. The fourth-order valence-corrected chi connectivity index (χ4v) is 2.79. The summed E-state index contributed by atoms with van der Waals surface area (Å²) in [4.78, 5) is 5.45. The molecule has 18 heavy (non-hydrogen) atoms. The van der Waals surface area contributed by atoms with E-state index in [1.54, 1.807) is 0 Å². The average Bonchev–Trinajstić information content (AvgIpc) is 2.61. The van der Waals surface area contributed by atoms with E-state index < -0.39 is 0 Å². The van der Waals surface area contributed by atoms with Gasteiger partial charge in [0.15, 0.2) is 5.96 Å². The highest BCUT2D eigenvalue weighted by molar-refractivity contribution is 7.05. The summed E-state index contributed by atoms with van der Waals surface area (Å²) in [6.07, 6.45) is 7.70. The quantitative estimate of drug-likeness (QED) is 0.499. The zero-order valence-corrected chi connectivity index (χ0v) is 11.7. The topological polar surface area (TPSA) is 76.2 Å². The van der Waals surface area contributed by atoms with Gasteiger partial charge in [0.05, 0.1) is 17.1 Å². The lowest BCUT2D eigenvalue weighted by Crippen LogP contribution is -2.39. The number of nitrogens with one attached hydrogen (secondary N) is 1. The van der Waals surface area contributed by atoms with E-state index in [9.17, 15) is 0 Å². The van der Waals surface area contributed by atoms with Gasteiger partial charge >= 0.3 is 0 Å². The summed E-state index contributed by atoms with van der Waals surface area (Å²) < 4.78 is 3.89. The van der Waals surface area contributed by atoms with Crippen LogP contribution in [0.2, 0.25) is 0 Å². The van der Waals surface area contributed by atoms with Crippen molar-refractivity contribution in [2.45, 2.75) is 58.0 Å². The van der Waals surface area contributed by atoms with Gasteiger partial charge in [-0.15, -0.1) is 5.10 Å². The Labute approximate surface area is 112 Å². The molecule has 0 spiro atoms. The Balaban J connectivity index is 1.83. The molecule has 0 aromatic carbocycles. The molecule has 1 aliphatic rings. The minimum atomic E-state index is 0.497. The van der Waals surface area contributed by atoms with Crippen molar-refractivity contribution >= 4 is 17.5 Å². The summed E-state index contributed by atoms with van der Waals surface area (Å²) in [5, 5.41) is 7.29. The van der Waals surface area contributed by atoms with Crippen molar-refractivity contribution in [2.24, 2.45) is 10.7 Å². The van der Waals surface area contributed by atoms with Crippen LogP contribution >= 0.6 is 11.5 Å². The molecule has 0 radical (unpaired) electrons. The second-order valence-corrected chi connectivity index (χ2v) is 5.65. The molecule has 1 aromatic heterocycles. The number of hydrogen-bond acceptors (Lipinski definition) is 4. The van der Waals surface area contributed by atoms with Gasteiger partial charge in [-0.3, -0.25) is 0 Å². The number of aryl methyl sites for hydroxylation is 1. The number of aromatic nitrogens is 2. The molecule has 3 N–H and O–H groups in total. The first kappa shape index (κ1) is 13.3. The predicted molar refractivity (Wildman–Crippen MR) is 74.6 cm³/mol. The van der Waals surface area contributed by atoms with Crippen LogP contribution in [-0.2, 0) is 6.54 Å². The summed E-state index contributed by atoms with van der Waals surface area (Å²) in [6, 6.07) is 0.497. The number of rotatable bonds is 3. The lowest BCUT2D eigenvalue weighted by molar-refractivity contribution is 0.530. The molecule has 0 saturated heterocycles. The molecule has 6 heteroatoms. The van der Waals surface area contributed by atoms with Gasteiger partial charge in [-0.2, -0.15) is 0 Å². The molecule has 5 nitrogen and oxygen atoms in total. The van der Waals surface area contributed by atoms with Crippen LogP contribution in [0, 0.1) is 6.92 Å². The van der Waals surface area contributed by atoms with Gasteiger partial charge in [-0.25, -0.2) is 4.99 Å². The van der Waals surface area contributed by atoms with E-state index in [1.807, 2.05) is 6.92 Å². The van der Waals surface area contributed by atoms with Crippen LogP contribution in [0.1, 0.15) is 49.1 Å². The van der Waals surface area contributed by atoms with Crippen LogP contribution in [0.5, 0.6) is 0 Å². The van der Waals surface area contributed by atoms with Gasteiger partial charge in [0.1, 0.15) is 0 Å². The molecule has 0 bridgehead atoms. The summed E-state index contributed by atoms with van der Waals surface area (Å²) in [7, 11) is 0. The van der Waals surface area contributed by atoms with Gasteiger partial charge in [-0.1, -0.05) is 30.2 Å². The predicted octanol–water partition coefficient (Wildman–Crippen LogP) is 1.97. The number of nitrogens with two attached hydrogens (primary N) is 1. The third-order valence-corrected chi connectivity index (χ3v) is 4.15. The van der Waals surface area contributed by atoms with Gasteiger partial charge in [0, 0.05) is 6.04 Å². The van der Waals surface area contributed by atoms with E-state index >= 15 is 0 Å². The first-order valence-electron chi connectivity index (χ1n) is 6.60. The molecule has 0 amide bonds. The van der Waals surface area contributed by atoms with Gasteiger partial charge in [0.2, 0.25) is 0 Å². The first-order valence-corrected chi connectivity index (χ1v) is 7.37. The van der Waals surface area contributed by atoms with Crippen LogP contribution < -0.4 is 11.1 Å². The lowest BCUT2D eigenvalue weighted by atomic mass is 10.1.